The maximum Gasteiger partial charge on any atom is 0.130 e. The largest absolute Gasteiger partial charge is 0.508 e. The van der Waals surface area contributed by atoms with E-state index in [2.05, 4.69) is 28.8 Å². The fourth-order valence-electron chi connectivity index (χ4n) is 5.90. The first-order chi connectivity index (χ1) is 10.9. The zero-order chi connectivity index (χ0) is 16.4. The van der Waals surface area contributed by atoms with Crippen LogP contribution in [-0.4, -0.2) is 15.8 Å². The number of terminal acetylenes is 1. The van der Waals surface area contributed by atoms with Crippen LogP contribution in [0.1, 0.15) is 56.1 Å². The number of aryl methyl sites for hydroxylation is 1. The Balaban J connectivity index is 1.75. The van der Waals surface area contributed by atoms with Crippen LogP contribution in [0.15, 0.2) is 16.6 Å². The maximum absolute atomic E-state index is 11.0. The number of aromatic hydroxyl groups is 1. The lowest BCUT2D eigenvalue weighted by molar-refractivity contribution is -0.0647. The average Bonchev–Trinajstić information content (AvgIpc) is 2.79. The predicted molar refractivity (Wildman–Crippen MR) is 94.2 cm³/mol. The third kappa shape index (κ3) is 1.98. The highest BCUT2D eigenvalue weighted by Gasteiger charge is 2.61. The van der Waals surface area contributed by atoms with Crippen LogP contribution >= 0.6 is 15.9 Å². The summed E-state index contributed by atoms with van der Waals surface area (Å²) in [6, 6.07) is 3.75. The molecule has 0 aromatic heterocycles. The summed E-state index contributed by atoms with van der Waals surface area (Å²) in [4.78, 5) is 0. The van der Waals surface area contributed by atoms with Crippen molar-refractivity contribution < 1.29 is 10.2 Å². The molecule has 2 fully saturated rings. The van der Waals surface area contributed by atoms with Gasteiger partial charge in [0.05, 0.1) is 0 Å². The van der Waals surface area contributed by atoms with Gasteiger partial charge in [-0.15, -0.1) is 6.42 Å². The van der Waals surface area contributed by atoms with Crippen molar-refractivity contribution in [3.05, 3.63) is 27.7 Å². The van der Waals surface area contributed by atoms with E-state index in [-0.39, 0.29) is 5.41 Å². The number of benzene rings is 1. The van der Waals surface area contributed by atoms with Gasteiger partial charge in [-0.3, -0.25) is 0 Å². The molecule has 3 heteroatoms. The zero-order valence-corrected chi connectivity index (χ0v) is 15.1. The van der Waals surface area contributed by atoms with Gasteiger partial charge < -0.3 is 10.2 Å². The monoisotopic (exact) mass is 374 g/mol. The molecule has 0 aliphatic heterocycles. The molecule has 2 nitrogen and oxygen atoms in total. The Labute approximate surface area is 146 Å². The first-order valence-corrected chi connectivity index (χ1v) is 9.40. The molecule has 1 unspecified atom stereocenters. The summed E-state index contributed by atoms with van der Waals surface area (Å²) in [6.07, 6.45) is 11.7. The molecule has 0 spiro atoms. The Morgan fingerprint density at radius 1 is 1.26 bits per heavy atom. The van der Waals surface area contributed by atoms with Crippen LogP contribution in [0.4, 0.5) is 0 Å². The van der Waals surface area contributed by atoms with Gasteiger partial charge in [0.1, 0.15) is 11.4 Å². The van der Waals surface area contributed by atoms with Crippen LogP contribution in [0.2, 0.25) is 0 Å². The molecule has 23 heavy (non-hydrogen) atoms. The van der Waals surface area contributed by atoms with Crippen LogP contribution in [0.5, 0.6) is 5.75 Å². The quantitative estimate of drug-likeness (QED) is 0.661. The molecule has 122 valence electrons. The first-order valence-electron chi connectivity index (χ1n) is 8.61. The highest BCUT2D eigenvalue weighted by atomic mass is 79.9. The van der Waals surface area contributed by atoms with Crippen molar-refractivity contribution in [3.63, 3.8) is 0 Å². The Hall–Kier alpha value is -0.980. The predicted octanol–water partition coefficient (Wildman–Crippen LogP) is 4.38. The molecule has 5 atom stereocenters. The molecule has 2 saturated carbocycles. The van der Waals surface area contributed by atoms with Crippen molar-refractivity contribution in [2.24, 2.45) is 17.3 Å². The number of phenols is 1. The van der Waals surface area contributed by atoms with Crippen LogP contribution in [-0.2, 0) is 6.42 Å². The molecule has 2 N–H and O–H groups in total. The number of aliphatic hydroxyl groups is 1. The van der Waals surface area contributed by atoms with Crippen LogP contribution in [0.3, 0.4) is 0 Å². The number of hydrogen-bond acceptors (Lipinski definition) is 2. The fourth-order valence-corrected chi connectivity index (χ4v) is 6.69. The van der Waals surface area contributed by atoms with E-state index >= 15 is 0 Å². The van der Waals surface area contributed by atoms with Gasteiger partial charge in [0.25, 0.3) is 0 Å². The molecular formula is C20H23BrO2. The van der Waals surface area contributed by atoms with Crippen LogP contribution in [0.25, 0.3) is 0 Å². The van der Waals surface area contributed by atoms with Crippen LogP contribution < -0.4 is 0 Å². The second-order valence-electron chi connectivity index (χ2n) is 7.92. The van der Waals surface area contributed by atoms with Crippen molar-refractivity contribution in [3.8, 4) is 18.1 Å². The molecule has 1 aromatic rings. The van der Waals surface area contributed by atoms with E-state index in [1.54, 1.807) is 0 Å². The van der Waals surface area contributed by atoms with Gasteiger partial charge in [0.2, 0.25) is 0 Å². The number of fused-ring (bicyclic) bond motifs is 5. The summed E-state index contributed by atoms with van der Waals surface area (Å²) >= 11 is 3.68. The van der Waals surface area contributed by atoms with E-state index in [1.807, 2.05) is 12.1 Å². The van der Waals surface area contributed by atoms with Crippen LogP contribution in [0, 0.1) is 29.6 Å². The van der Waals surface area contributed by atoms with E-state index in [0.717, 1.165) is 43.0 Å². The smallest absolute Gasteiger partial charge is 0.130 e. The highest BCUT2D eigenvalue weighted by molar-refractivity contribution is 9.10. The standard InChI is InChI=1S/C20H23BrO2/c1-3-20(23)9-7-16-14-5-4-12-10-13(22)11-17(21)18(12)15(14)6-8-19(16,20)2/h1,10-11,14-16,22-23H,4-9H2,2H3/t14-,15+,16+,19?,20-/m1/s1. The minimum Gasteiger partial charge on any atom is -0.508 e. The third-order valence-corrected chi connectivity index (χ3v) is 7.80. The number of phenolic OH excluding ortho intramolecular Hbond substituents is 1. The maximum atomic E-state index is 11.0. The molecule has 0 radical (unpaired) electrons. The summed E-state index contributed by atoms with van der Waals surface area (Å²) in [6.45, 7) is 2.21. The van der Waals surface area contributed by atoms with Crippen molar-refractivity contribution >= 4 is 15.9 Å². The lowest BCUT2D eigenvalue weighted by Crippen LogP contribution is -2.50. The lowest BCUT2D eigenvalue weighted by Gasteiger charge is -2.52. The average molecular weight is 375 g/mol. The van der Waals surface area contributed by atoms with Crippen molar-refractivity contribution in [1.82, 2.24) is 0 Å². The molecule has 0 amide bonds. The topological polar surface area (TPSA) is 40.5 Å². The van der Waals surface area contributed by atoms with Gasteiger partial charge in [0.15, 0.2) is 0 Å². The van der Waals surface area contributed by atoms with E-state index in [9.17, 15) is 10.2 Å². The molecule has 1 aromatic carbocycles. The minimum atomic E-state index is -0.935. The first kappa shape index (κ1) is 15.5. The van der Waals surface area contributed by atoms with Gasteiger partial charge in [0, 0.05) is 9.89 Å². The fraction of sp³-hybridized carbons (Fsp3) is 0.600. The normalized spacial score (nSPS) is 41.6. The summed E-state index contributed by atoms with van der Waals surface area (Å²) in [5.41, 5.74) is 1.59. The Bertz CT molecular complexity index is 706. The Kier molecular flexibility index (Phi) is 3.38. The number of hydrogen-bond donors (Lipinski definition) is 2. The summed E-state index contributed by atoms with van der Waals surface area (Å²) in [7, 11) is 0. The second kappa shape index (κ2) is 5.01. The molecule has 0 saturated heterocycles. The van der Waals surface area contributed by atoms with Gasteiger partial charge in [-0.2, -0.15) is 0 Å². The second-order valence-corrected chi connectivity index (χ2v) is 8.77. The molecule has 3 aliphatic carbocycles. The van der Waals surface area contributed by atoms with Gasteiger partial charge >= 0.3 is 0 Å². The number of rotatable bonds is 0. The SMILES string of the molecule is C#C[C@@]1(O)CC[C@H]2[C@@H]3CCc4cc(O)cc(Br)c4[C@H]3CCC21C. The Morgan fingerprint density at radius 2 is 2.04 bits per heavy atom. The van der Waals surface area contributed by atoms with Gasteiger partial charge in [-0.05, 0) is 79.5 Å². The van der Waals surface area contributed by atoms with Crippen molar-refractivity contribution in [1.29, 1.82) is 0 Å². The molecular weight excluding hydrogens is 352 g/mol. The van der Waals surface area contributed by atoms with Gasteiger partial charge in [-0.25, -0.2) is 0 Å². The van der Waals surface area contributed by atoms with E-state index in [0.29, 0.717) is 23.5 Å². The van der Waals surface area contributed by atoms with E-state index in [1.165, 1.54) is 11.1 Å². The summed E-state index contributed by atoms with van der Waals surface area (Å²) in [5.74, 6) is 4.68. The zero-order valence-electron chi connectivity index (χ0n) is 13.5. The lowest BCUT2D eigenvalue weighted by atomic mass is 9.53. The van der Waals surface area contributed by atoms with E-state index in [4.69, 9.17) is 6.42 Å². The summed E-state index contributed by atoms with van der Waals surface area (Å²) in [5, 5.41) is 20.8. The minimum absolute atomic E-state index is 0.149. The molecule has 4 rings (SSSR count). The molecule has 0 heterocycles. The molecule has 3 aliphatic rings. The Morgan fingerprint density at radius 3 is 2.78 bits per heavy atom. The van der Waals surface area contributed by atoms with E-state index < -0.39 is 5.60 Å². The summed E-state index contributed by atoms with van der Waals surface area (Å²) < 4.78 is 1.04. The van der Waals surface area contributed by atoms with Crippen molar-refractivity contribution in [2.45, 2.75) is 57.0 Å². The van der Waals surface area contributed by atoms with Crippen molar-refractivity contribution in [2.75, 3.05) is 0 Å². The molecule has 0 bridgehead atoms. The highest BCUT2D eigenvalue weighted by Crippen LogP contribution is 2.64. The van der Waals surface area contributed by atoms with Gasteiger partial charge in [-0.1, -0.05) is 28.8 Å². The third-order valence-electron chi connectivity index (χ3n) is 7.15. The number of halogens is 1.